The minimum Gasteiger partial charge on any atom is -0.478 e. The summed E-state index contributed by atoms with van der Waals surface area (Å²) in [5.41, 5.74) is 3.95. The molecule has 5 aliphatic rings. The summed E-state index contributed by atoms with van der Waals surface area (Å²) in [4.78, 5) is 91.8. The lowest BCUT2D eigenvalue weighted by molar-refractivity contribution is -0.145. The number of hydrogen-bond acceptors (Lipinski definition) is 11. The average Bonchev–Trinajstić information content (AvgIpc) is 3.60. The third-order valence-electron chi connectivity index (χ3n) is 13.8. The van der Waals surface area contributed by atoms with Crippen LogP contribution in [0.15, 0.2) is 53.5 Å². The number of rotatable bonds is 10. The van der Waals surface area contributed by atoms with Crippen LogP contribution in [0.5, 0.6) is 5.75 Å². The molecule has 1 unspecified atom stereocenters. The Bertz CT molecular complexity index is 2570. The number of hydrogen-bond donors (Lipinski definition) is 3. The number of imide groups is 1. The summed E-state index contributed by atoms with van der Waals surface area (Å²) < 4.78 is 7.26. The van der Waals surface area contributed by atoms with Gasteiger partial charge in [-0.05, 0) is 112 Å². The summed E-state index contributed by atoms with van der Waals surface area (Å²) in [5, 5.41) is 9.31. The third-order valence-corrected chi connectivity index (χ3v) is 14.1. The van der Waals surface area contributed by atoms with Crippen LogP contribution < -0.4 is 31.1 Å². The highest BCUT2D eigenvalue weighted by Gasteiger charge is 2.50. The van der Waals surface area contributed by atoms with E-state index in [4.69, 9.17) is 21.3 Å². The van der Waals surface area contributed by atoms with E-state index in [1.165, 1.54) is 7.05 Å². The van der Waals surface area contributed by atoms with Crippen molar-refractivity contribution in [3.05, 3.63) is 80.7 Å². The lowest BCUT2D eigenvalue weighted by Gasteiger charge is -2.52. The Morgan fingerprint density at radius 2 is 1.76 bits per heavy atom. The molecule has 1 spiro atoms. The number of benzene rings is 2. The van der Waals surface area contributed by atoms with Gasteiger partial charge in [0.25, 0.3) is 17.4 Å². The number of nitrogens with one attached hydrogen (secondary N) is 3. The fraction of sp³-hybridized carbons (Fsp3) is 0.478. The quantitative estimate of drug-likeness (QED) is 0.181. The number of fused-ring (bicyclic) bond motifs is 2. The molecule has 1 saturated carbocycles. The molecule has 63 heavy (non-hydrogen) atoms. The average molecular weight is 878 g/mol. The topological polar surface area (TPSA) is 188 Å². The van der Waals surface area contributed by atoms with Crippen LogP contribution in [0, 0.1) is 11.3 Å². The lowest BCUT2D eigenvalue weighted by Crippen LogP contribution is -2.53. The first-order valence-electron chi connectivity index (χ1n) is 21.9. The number of aromatic nitrogens is 3. The Kier molecular flexibility index (Phi) is 11.4. The van der Waals surface area contributed by atoms with Gasteiger partial charge in [-0.2, -0.15) is 4.98 Å². The lowest BCUT2D eigenvalue weighted by atomic mass is 9.57. The molecular weight excluding hydrogens is 826 g/mol. The minimum absolute atomic E-state index is 0.0204. The molecule has 2 aromatic heterocycles. The monoisotopic (exact) mass is 877 g/mol. The summed E-state index contributed by atoms with van der Waals surface area (Å²) in [6.45, 7) is 6.79. The molecule has 3 N–H and O–H groups in total. The Hall–Kier alpha value is -6.03. The zero-order valence-corrected chi connectivity index (χ0v) is 36.5. The van der Waals surface area contributed by atoms with E-state index in [0.717, 1.165) is 73.6 Å². The van der Waals surface area contributed by atoms with Crippen molar-refractivity contribution in [2.24, 2.45) is 11.3 Å². The van der Waals surface area contributed by atoms with Crippen LogP contribution in [0.2, 0.25) is 5.02 Å². The van der Waals surface area contributed by atoms with Gasteiger partial charge < -0.3 is 34.6 Å². The van der Waals surface area contributed by atoms with Crippen molar-refractivity contribution in [3.63, 3.8) is 0 Å². The Labute approximate surface area is 369 Å². The molecule has 5 amide bonds. The van der Waals surface area contributed by atoms with E-state index >= 15 is 0 Å². The first-order chi connectivity index (χ1) is 30.3. The molecule has 0 radical (unpaired) electrons. The minimum atomic E-state index is -0.646. The van der Waals surface area contributed by atoms with Gasteiger partial charge in [0.2, 0.25) is 23.7 Å². The first kappa shape index (κ1) is 42.3. The number of pyridine rings is 1. The van der Waals surface area contributed by atoms with Crippen LogP contribution >= 0.6 is 11.6 Å². The van der Waals surface area contributed by atoms with E-state index in [1.807, 2.05) is 49.1 Å². The molecular formula is C46H52ClN9O7. The highest BCUT2D eigenvalue weighted by atomic mass is 35.5. The normalized spacial score (nSPS) is 20.2. The van der Waals surface area contributed by atoms with Gasteiger partial charge in [-0.15, -0.1) is 0 Å². The van der Waals surface area contributed by atoms with Gasteiger partial charge in [0.05, 0.1) is 11.7 Å². The van der Waals surface area contributed by atoms with Crippen molar-refractivity contribution in [1.82, 2.24) is 35.0 Å². The van der Waals surface area contributed by atoms with Crippen molar-refractivity contribution < 1.29 is 28.7 Å². The van der Waals surface area contributed by atoms with Crippen LogP contribution in [-0.2, 0) is 25.7 Å². The molecule has 6 heterocycles. The van der Waals surface area contributed by atoms with Crippen molar-refractivity contribution in [1.29, 1.82) is 0 Å². The molecule has 3 saturated heterocycles. The Morgan fingerprint density at radius 1 is 1.00 bits per heavy atom. The van der Waals surface area contributed by atoms with E-state index in [0.29, 0.717) is 54.1 Å². The van der Waals surface area contributed by atoms with E-state index in [-0.39, 0.29) is 71.3 Å². The SMILES string of the molecule is CNC(=O)COc1cc2cc(Nc3nc(N4CCC5(CC4)CC(C(=O)N4CCC(c6cccc7c6CN(C6CCC(=O)NC6=O)C7=O)CC4)C5)ncc3Cl)ccc2n(C(C)C)c1=O. The van der Waals surface area contributed by atoms with Gasteiger partial charge in [-0.25, -0.2) is 4.98 Å². The predicted octanol–water partition coefficient (Wildman–Crippen LogP) is 5.06. The van der Waals surface area contributed by atoms with Gasteiger partial charge in [0.1, 0.15) is 11.1 Å². The van der Waals surface area contributed by atoms with Crippen molar-refractivity contribution >= 4 is 69.5 Å². The highest BCUT2D eigenvalue weighted by Crippen LogP contribution is 2.53. The zero-order chi connectivity index (χ0) is 44.2. The van der Waals surface area contributed by atoms with E-state index in [1.54, 1.807) is 21.7 Å². The number of carbonyl (C=O) groups is 5. The van der Waals surface area contributed by atoms with Gasteiger partial charge >= 0.3 is 0 Å². The number of likely N-dealkylation sites (N-methyl/N-ethyl adjacent to an activating group) is 1. The van der Waals surface area contributed by atoms with Crippen LogP contribution in [0.1, 0.15) is 98.7 Å². The number of likely N-dealkylation sites (tertiary alicyclic amines) is 1. The molecule has 4 fully saturated rings. The molecule has 16 nitrogen and oxygen atoms in total. The molecule has 4 aromatic rings. The van der Waals surface area contributed by atoms with E-state index in [9.17, 15) is 28.8 Å². The molecule has 1 aliphatic carbocycles. The largest absolute Gasteiger partial charge is 0.478 e. The zero-order valence-electron chi connectivity index (χ0n) is 35.7. The molecule has 330 valence electrons. The van der Waals surface area contributed by atoms with Crippen LogP contribution in [0.25, 0.3) is 10.9 Å². The Balaban J connectivity index is 0.787. The number of halogens is 1. The highest BCUT2D eigenvalue weighted by molar-refractivity contribution is 6.33. The maximum Gasteiger partial charge on any atom is 0.293 e. The molecule has 0 bridgehead atoms. The molecule has 2 aromatic carbocycles. The van der Waals surface area contributed by atoms with Crippen molar-refractivity contribution in [2.75, 3.05) is 50.1 Å². The number of anilines is 3. The second-order valence-corrected chi connectivity index (χ2v) is 18.4. The summed E-state index contributed by atoms with van der Waals surface area (Å²) in [6.07, 6.45) is 7.42. The van der Waals surface area contributed by atoms with Crippen LogP contribution in [-0.4, -0.2) is 99.7 Å². The predicted molar refractivity (Wildman–Crippen MR) is 236 cm³/mol. The first-order valence-corrected chi connectivity index (χ1v) is 22.3. The molecule has 4 aliphatic heterocycles. The fourth-order valence-corrected chi connectivity index (χ4v) is 10.5. The van der Waals surface area contributed by atoms with E-state index in [2.05, 4.69) is 31.9 Å². The van der Waals surface area contributed by atoms with Crippen molar-refractivity contribution in [3.8, 4) is 5.75 Å². The Morgan fingerprint density at radius 3 is 2.48 bits per heavy atom. The number of amides is 5. The summed E-state index contributed by atoms with van der Waals surface area (Å²) in [7, 11) is 1.51. The second kappa shape index (κ2) is 16.9. The maximum atomic E-state index is 13.8. The third kappa shape index (κ3) is 8.09. The number of piperidine rings is 3. The summed E-state index contributed by atoms with van der Waals surface area (Å²) in [6, 6.07) is 12.3. The summed E-state index contributed by atoms with van der Waals surface area (Å²) in [5.74, 6) is 0.370. The maximum absolute atomic E-state index is 13.8. The smallest absolute Gasteiger partial charge is 0.293 e. The molecule has 9 rings (SSSR count). The number of carbonyl (C=O) groups excluding carboxylic acids is 5. The van der Waals surface area contributed by atoms with E-state index < -0.39 is 11.9 Å². The second-order valence-electron chi connectivity index (χ2n) is 18.0. The van der Waals surface area contributed by atoms with Crippen LogP contribution in [0.4, 0.5) is 17.5 Å². The van der Waals surface area contributed by atoms with Gasteiger partial charge in [0.15, 0.2) is 18.2 Å². The van der Waals surface area contributed by atoms with Gasteiger partial charge in [-0.1, -0.05) is 23.7 Å². The fourth-order valence-electron chi connectivity index (χ4n) is 10.4. The van der Waals surface area contributed by atoms with Gasteiger partial charge in [-0.3, -0.25) is 34.1 Å². The number of nitrogens with zero attached hydrogens (tertiary/aromatic N) is 6. The standard InChI is InChI=1S/C46H52ClN9O7/c1-26(2)56-35-8-7-30(19-28(35)20-37(44(56)62)63-25-39(58)48-3)50-40-34(47)23-49-45(52-40)54-17-13-46(14-18-54)21-29(22-46)42(60)53-15-11-27(12-16-53)31-5-4-6-32-33(31)24-55(43(32)61)36-9-10-38(57)51-41(36)59/h4-8,19-20,23,26-27,29,36H,9-18,21-22,24-25H2,1-3H3,(H,48,58)(H,49,50,52)(H,51,57,59). The van der Waals surface area contributed by atoms with Gasteiger partial charge in [0, 0.05) is 74.8 Å². The van der Waals surface area contributed by atoms with Crippen molar-refractivity contribution in [2.45, 2.75) is 89.8 Å². The summed E-state index contributed by atoms with van der Waals surface area (Å²) >= 11 is 6.61. The van der Waals surface area contributed by atoms with Crippen LogP contribution in [0.3, 0.4) is 0 Å². The molecule has 17 heteroatoms. The number of ether oxygens (including phenoxy) is 1. The molecule has 1 atom stereocenters.